The van der Waals surface area contributed by atoms with Gasteiger partial charge in [-0.25, -0.2) is 0 Å². The van der Waals surface area contributed by atoms with Gasteiger partial charge in [0.2, 0.25) is 0 Å². The molecule has 2 heteroatoms. The van der Waals surface area contributed by atoms with Gasteiger partial charge in [-0.1, -0.05) is 30.2 Å². The molecule has 0 saturated heterocycles. The van der Waals surface area contributed by atoms with Crippen LogP contribution >= 0.6 is 11.6 Å². The van der Waals surface area contributed by atoms with Crippen molar-refractivity contribution in [3.05, 3.63) is 34.9 Å². The molecule has 0 aliphatic heterocycles. The van der Waals surface area contributed by atoms with Crippen molar-refractivity contribution in [2.24, 2.45) is 29.1 Å². The molecule has 6 aliphatic rings. The van der Waals surface area contributed by atoms with Gasteiger partial charge in [0, 0.05) is 17.1 Å². The Labute approximate surface area is 169 Å². The highest BCUT2D eigenvalue weighted by Crippen LogP contribution is 2.67. The number of hydrogen-bond donors (Lipinski definition) is 1. The Morgan fingerprint density at radius 1 is 0.926 bits per heavy atom. The van der Waals surface area contributed by atoms with E-state index in [9.17, 15) is 0 Å². The number of rotatable bonds is 4. The summed E-state index contributed by atoms with van der Waals surface area (Å²) in [5.74, 6) is 3.92. The van der Waals surface area contributed by atoms with Crippen molar-refractivity contribution in [1.29, 1.82) is 0 Å². The first kappa shape index (κ1) is 17.3. The summed E-state index contributed by atoms with van der Waals surface area (Å²) in [6, 6.07) is 10.4. The number of hydrogen-bond acceptors (Lipinski definition) is 1. The van der Waals surface area contributed by atoms with Crippen LogP contribution in [-0.2, 0) is 5.41 Å². The molecule has 1 nitrogen and oxygen atoms in total. The van der Waals surface area contributed by atoms with Crippen molar-refractivity contribution in [2.75, 3.05) is 0 Å². The van der Waals surface area contributed by atoms with E-state index in [-0.39, 0.29) is 0 Å². The minimum absolute atomic E-state index is 0.430. The molecule has 1 N–H and O–H groups in total. The monoisotopic (exact) mass is 383 g/mol. The Kier molecular flexibility index (Phi) is 3.84. The Balaban J connectivity index is 1.28. The SMILES string of the molecule is C[C@H](N[C@H]1C[C@@H]2CC[C@@H]1C2)C12C[C@@H]3C[C@@H](CC(c4ccc(Cl)cc4)(C3)C1)C2. The zero-order valence-corrected chi connectivity index (χ0v) is 17.5. The predicted molar refractivity (Wildman–Crippen MR) is 112 cm³/mol. The minimum Gasteiger partial charge on any atom is -0.311 e. The molecule has 0 radical (unpaired) electrons. The third kappa shape index (κ3) is 2.67. The van der Waals surface area contributed by atoms with Crippen molar-refractivity contribution < 1.29 is 0 Å². The zero-order chi connectivity index (χ0) is 18.2. The van der Waals surface area contributed by atoms with E-state index >= 15 is 0 Å². The van der Waals surface area contributed by atoms with Gasteiger partial charge in [-0.3, -0.25) is 0 Å². The van der Waals surface area contributed by atoms with Gasteiger partial charge in [-0.05, 0) is 117 Å². The van der Waals surface area contributed by atoms with Crippen molar-refractivity contribution in [1.82, 2.24) is 5.32 Å². The molecule has 0 aromatic heterocycles. The highest BCUT2D eigenvalue weighted by molar-refractivity contribution is 6.30. The number of fused-ring (bicyclic) bond motifs is 2. The van der Waals surface area contributed by atoms with Crippen LogP contribution in [0, 0.1) is 29.1 Å². The quantitative estimate of drug-likeness (QED) is 0.639. The zero-order valence-electron chi connectivity index (χ0n) is 16.7. The third-order valence-electron chi connectivity index (χ3n) is 9.68. The highest BCUT2D eigenvalue weighted by Gasteiger charge is 2.60. The number of nitrogens with one attached hydrogen (secondary N) is 1. The van der Waals surface area contributed by atoms with Crippen molar-refractivity contribution in [2.45, 2.75) is 88.6 Å². The van der Waals surface area contributed by atoms with Gasteiger partial charge in [0.05, 0.1) is 0 Å². The molecule has 6 saturated carbocycles. The second kappa shape index (κ2) is 5.99. The van der Waals surface area contributed by atoms with Gasteiger partial charge < -0.3 is 5.32 Å². The van der Waals surface area contributed by atoms with E-state index in [1.54, 1.807) is 5.56 Å². The second-order valence-corrected chi connectivity index (χ2v) is 11.7. The summed E-state index contributed by atoms with van der Waals surface area (Å²) in [5, 5.41) is 5.10. The topological polar surface area (TPSA) is 12.0 Å². The standard InChI is InChI=1S/C25H34ClN/c1-16(27-23-10-17-2-3-20(23)9-17)24-11-18-8-19(12-24)14-25(13-18,15-24)21-4-6-22(26)7-5-21/h4-7,16-20,23,27H,2-3,8-15H2,1H3/t16-,17+,18-,19+,20+,23-,24?,25?/m0/s1. The lowest BCUT2D eigenvalue weighted by Gasteiger charge is -2.64. The van der Waals surface area contributed by atoms with Gasteiger partial charge >= 0.3 is 0 Å². The molecule has 7 rings (SSSR count). The summed E-state index contributed by atoms with van der Waals surface area (Å²) in [6.45, 7) is 2.55. The molecule has 6 aliphatic carbocycles. The average molecular weight is 384 g/mol. The Bertz CT molecular complexity index is 710. The molecule has 27 heavy (non-hydrogen) atoms. The van der Waals surface area contributed by atoms with Crippen molar-refractivity contribution >= 4 is 11.6 Å². The van der Waals surface area contributed by atoms with Crippen LogP contribution in [0.25, 0.3) is 0 Å². The van der Waals surface area contributed by atoms with E-state index in [2.05, 4.69) is 36.5 Å². The fourth-order valence-corrected chi connectivity index (χ4v) is 9.05. The summed E-state index contributed by atoms with van der Waals surface area (Å²) >= 11 is 6.21. The summed E-state index contributed by atoms with van der Waals surface area (Å²) < 4.78 is 0. The molecular formula is C25H34ClN. The first-order valence-corrected chi connectivity index (χ1v) is 11.9. The molecular weight excluding hydrogens is 350 g/mol. The largest absolute Gasteiger partial charge is 0.311 e. The Morgan fingerprint density at radius 2 is 1.67 bits per heavy atom. The van der Waals surface area contributed by atoms with E-state index in [0.29, 0.717) is 16.9 Å². The van der Waals surface area contributed by atoms with E-state index < -0.39 is 0 Å². The fraction of sp³-hybridized carbons (Fsp3) is 0.760. The van der Waals surface area contributed by atoms with Gasteiger partial charge in [0.15, 0.2) is 0 Å². The van der Waals surface area contributed by atoms with E-state index in [4.69, 9.17) is 11.6 Å². The van der Waals surface area contributed by atoms with Gasteiger partial charge in [-0.2, -0.15) is 0 Å². The van der Waals surface area contributed by atoms with Crippen LogP contribution in [0.2, 0.25) is 5.02 Å². The normalized spacial score (nSPS) is 48.3. The molecule has 0 amide bonds. The lowest BCUT2D eigenvalue weighted by Crippen LogP contribution is -2.61. The molecule has 6 fully saturated rings. The lowest BCUT2D eigenvalue weighted by atomic mass is 9.41. The van der Waals surface area contributed by atoms with E-state index in [0.717, 1.165) is 34.7 Å². The molecule has 146 valence electrons. The van der Waals surface area contributed by atoms with Crippen LogP contribution in [0.1, 0.15) is 76.7 Å². The summed E-state index contributed by atoms with van der Waals surface area (Å²) in [5.41, 5.74) is 2.54. The Morgan fingerprint density at radius 3 is 2.30 bits per heavy atom. The van der Waals surface area contributed by atoms with Crippen molar-refractivity contribution in [3.8, 4) is 0 Å². The molecule has 1 aromatic rings. The fourth-order valence-electron chi connectivity index (χ4n) is 8.93. The second-order valence-electron chi connectivity index (χ2n) is 11.3. The smallest absolute Gasteiger partial charge is 0.0406 e. The third-order valence-corrected chi connectivity index (χ3v) is 9.94. The van der Waals surface area contributed by atoms with Gasteiger partial charge in [0.25, 0.3) is 0 Å². The first-order chi connectivity index (χ1) is 13.0. The Hall–Kier alpha value is -0.530. The summed E-state index contributed by atoms with van der Waals surface area (Å²) in [7, 11) is 0. The van der Waals surface area contributed by atoms with E-state index in [1.807, 2.05) is 0 Å². The molecule has 0 heterocycles. The predicted octanol–water partition coefficient (Wildman–Crippen LogP) is 6.34. The van der Waals surface area contributed by atoms with Crippen LogP contribution in [0.5, 0.6) is 0 Å². The minimum atomic E-state index is 0.430. The van der Waals surface area contributed by atoms with Crippen LogP contribution in [-0.4, -0.2) is 12.1 Å². The lowest BCUT2D eigenvalue weighted by molar-refractivity contribution is -0.0903. The van der Waals surface area contributed by atoms with Crippen LogP contribution in [0.4, 0.5) is 0 Å². The number of benzene rings is 1. The highest BCUT2D eigenvalue weighted by atomic mass is 35.5. The van der Waals surface area contributed by atoms with Gasteiger partial charge in [-0.15, -0.1) is 0 Å². The molecule has 8 atom stereocenters. The van der Waals surface area contributed by atoms with Crippen LogP contribution < -0.4 is 5.32 Å². The molecule has 0 spiro atoms. The maximum Gasteiger partial charge on any atom is 0.0406 e. The molecule has 1 aromatic carbocycles. The van der Waals surface area contributed by atoms with Gasteiger partial charge in [0.1, 0.15) is 0 Å². The number of halogens is 1. The van der Waals surface area contributed by atoms with Crippen LogP contribution in [0.15, 0.2) is 24.3 Å². The van der Waals surface area contributed by atoms with E-state index in [1.165, 1.54) is 64.2 Å². The molecule has 6 bridgehead atoms. The summed E-state index contributed by atoms with van der Waals surface area (Å²) in [4.78, 5) is 0. The van der Waals surface area contributed by atoms with Crippen LogP contribution in [0.3, 0.4) is 0 Å². The van der Waals surface area contributed by atoms with Crippen molar-refractivity contribution in [3.63, 3.8) is 0 Å². The average Bonchev–Trinajstić information content (AvgIpc) is 3.24. The molecule has 2 unspecified atom stereocenters. The summed E-state index contributed by atoms with van der Waals surface area (Å²) in [6.07, 6.45) is 14.7. The maximum atomic E-state index is 6.21. The first-order valence-electron chi connectivity index (χ1n) is 11.6. The maximum absolute atomic E-state index is 6.21.